The van der Waals surface area contributed by atoms with Crippen LogP contribution in [0.25, 0.3) is 0 Å². The summed E-state index contributed by atoms with van der Waals surface area (Å²) in [4.78, 5) is 10.3. The van der Waals surface area contributed by atoms with Gasteiger partial charge in [-0.15, -0.1) is 0 Å². The van der Waals surface area contributed by atoms with Gasteiger partial charge in [-0.3, -0.25) is 10.1 Å². The lowest BCUT2D eigenvalue weighted by atomic mass is 10.5. The largest absolute Gasteiger partial charge is 0.411 e. The van der Waals surface area contributed by atoms with Crippen LogP contribution in [0.3, 0.4) is 0 Å². The second-order valence-corrected chi connectivity index (χ2v) is 3.72. The van der Waals surface area contributed by atoms with Crippen LogP contribution in [0.1, 0.15) is 4.88 Å². The van der Waals surface area contributed by atoms with Crippen LogP contribution in [0.5, 0.6) is 0 Å². The van der Waals surface area contributed by atoms with E-state index in [9.17, 15) is 10.1 Å². The average molecular weight is 251 g/mol. The van der Waals surface area contributed by atoms with Crippen molar-refractivity contribution in [1.29, 1.82) is 0 Å². The lowest BCUT2D eigenvalue weighted by Crippen LogP contribution is -1.82. The van der Waals surface area contributed by atoms with Gasteiger partial charge in [0.1, 0.15) is 4.47 Å². The normalized spacial score (nSPS) is 10.8. The first kappa shape index (κ1) is 9.14. The molecule has 0 saturated carbocycles. The van der Waals surface area contributed by atoms with Crippen molar-refractivity contribution in [3.8, 4) is 0 Å². The van der Waals surface area contributed by atoms with Crippen molar-refractivity contribution in [2.75, 3.05) is 0 Å². The summed E-state index contributed by atoms with van der Waals surface area (Å²) in [5, 5.41) is 21.2. The van der Waals surface area contributed by atoms with Gasteiger partial charge in [0.15, 0.2) is 0 Å². The van der Waals surface area contributed by atoms with Crippen molar-refractivity contribution < 1.29 is 10.1 Å². The Kier molecular flexibility index (Phi) is 2.77. The van der Waals surface area contributed by atoms with Crippen LogP contribution in [0.15, 0.2) is 15.7 Å². The number of rotatable bonds is 2. The molecule has 0 unspecified atom stereocenters. The van der Waals surface area contributed by atoms with Gasteiger partial charge in [0.25, 0.3) is 0 Å². The van der Waals surface area contributed by atoms with E-state index in [2.05, 4.69) is 21.1 Å². The Morgan fingerprint density at radius 1 is 1.83 bits per heavy atom. The number of halogens is 1. The van der Waals surface area contributed by atoms with Crippen LogP contribution in [0.4, 0.5) is 5.00 Å². The molecule has 1 rings (SSSR count). The van der Waals surface area contributed by atoms with Gasteiger partial charge in [-0.2, -0.15) is 0 Å². The van der Waals surface area contributed by atoms with Crippen molar-refractivity contribution in [1.82, 2.24) is 0 Å². The standard InChI is InChI=1S/C5H3BrN2O3S/c6-4-1-3(2-7-9)12-5(4)8(10)11/h1-2,9H/b7-2+. The monoisotopic (exact) mass is 250 g/mol. The molecule has 0 radical (unpaired) electrons. The van der Waals surface area contributed by atoms with E-state index in [-0.39, 0.29) is 5.00 Å². The molecule has 0 aromatic carbocycles. The van der Waals surface area contributed by atoms with Crippen LogP contribution in [-0.4, -0.2) is 16.3 Å². The van der Waals surface area contributed by atoms with Crippen molar-refractivity contribution >= 4 is 38.5 Å². The molecule has 0 aliphatic carbocycles. The van der Waals surface area contributed by atoms with Crippen molar-refractivity contribution in [2.24, 2.45) is 5.16 Å². The fourth-order valence-corrected chi connectivity index (χ4v) is 2.14. The van der Waals surface area contributed by atoms with Crippen molar-refractivity contribution in [3.05, 3.63) is 25.5 Å². The van der Waals surface area contributed by atoms with Crippen molar-refractivity contribution in [3.63, 3.8) is 0 Å². The predicted octanol–water partition coefficient (Wildman–Crippen LogP) is 2.23. The summed E-state index contributed by atoms with van der Waals surface area (Å²) >= 11 is 3.95. The van der Waals surface area contributed by atoms with E-state index in [4.69, 9.17) is 5.21 Å². The molecule has 1 aromatic rings. The maximum absolute atomic E-state index is 10.3. The lowest BCUT2D eigenvalue weighted by molar-refractivity contribution is -0.380. The van der Waals surface area contributed by atoms with Crippen LogP contribution in [0.2, 0.25) is 0 Å². The molecule has 1 aromatic heterocycles. The van der Waals surface area contributed by atoms with E-state index in [0.29, 0.717) is 9.35 Å². The van der Waals surface area contributed by atoms with Gasteiger partial charge in [-0.1, -0.05) is 16.5 Å². The molecular formula is C5H3BrN2O3S. The van der Waals surface area contributed by atoms with E-state index in [0.717, 1.165) is 17.6 Å². The number of hydrogen-bond acceptors (Lipinski definition) is 5. The summed E-state index contributed by atoms with van der Waals surface area (Å²) in [5.74, 6) is 0. The zero-order valence-electron chi connectivity index (χ0n) is 5.60. The minimum absolute atomic E-state index is 0.00454. The second kappa shape index (κ2) is 3.63. The highest BCUT2D eigenvalue weighted by Gasteiger charge is 2.15. The summed E-state index contributed by atoms with van der Waals surface area (Å²) in [6.07, 6.45) is 1.14. The second-order valence-electron chi connectivity index (χ2n) is 1.80. The SMILES string of the molecule is O=[N+]([O-])c1sc(/C=N/O)cc1Br. The van der Waals surface area contributed by atoms with Crippen molar-refractivity contribution in [2.45, 2.75) is 0 Å². The Morgan fingerprint density at radius 2 is 2.50 bits per heavy atom. The molecular weight excluding hydrogens is 248 g/mol. The van der Waals surface area contributed by atoms with Crippen LogP contribution in [0, 0.1) is 10.1 Å². The molecule has 0 aliphatic heterocycles. The Morgan fingerprint density at radius 3 is 2.92 bits per heavy atom. The fraction of sp³-hybridized carbons (Fsp3) is 0. The highest BCUT2D eigenvalue weighted by Crippen LogP contribution is 2.33. The minimum Gasteiger partial charge on any atom is -0.411 e. The highest BCUT2D eigenvalue weighted by molar-refractivity contribution is 9.10. The van der Waals surface area contributed by atoms with Gasteiger partial charge < -0.3 is 5.21 Å². The molecule has 1 N–H and O–H groups in total. The summed E-state index contributed by atoms with van der Waals surface area (Å²) in [6.45, 7) is 0. The van der Waals surface area contributed by atoms with E-state index < -0.39 is 4.92 Å². The Labute approximate surface area is 79.6 Å². The third-order valence-corrected chi connectivity index (χ3v) is 2.93. The molecule has 12 heavy (non-hydrogen) atoms. The smallest absolute Gasteiger partial charge is 0.338 e. The minimum atomic E-state index is -0.497. The van der Waals surface area contributed by atoms with E-state index in [1.54, 1.807) is 0 Å². The predicted molar refractivity (Wildman–Crippen MR) is 48.1 cm³/mol. The topological polar surface area (TPSA) is 75.7 Å². The molecule has 64 valence electrons. The molecule has 0 aliphatic rings. The molecule has 7 heteroatoms. The molecule has 5 nitrogen and oxygen atoms in total. The lowest BCUT2D eigenvalue weighted by Gasteiger charge is -1.81. The molecule has 0 atom stereocenters. The van der Waals surface area contributed by atoms with Crippen LogP contribution >= 0.6 is 27.3 Å². The van der Waals surface area contributed by atoms with Gasteiger partial charge in [-0.25, -0.2) is 0 Å². The number of oxime groups is 1. The fourth-order valence-electron chi connectivity index (χ4n) is 0.621. The average Bonchev–Trinajstić information content (AvgIpc) is 2.32. The third kappa shape index (κ3) is 1.80. The van der Waals surface area contributed by atoms with Gasteiger partial charge in [-0.05, 0) is 22.0 Å². The van der Waals surface area contributed by atoms with Crippen LogP contribution in [-0.2, 0) is 0 Å². The molecule has 0 saturated heterocycles. The molecule has 1 heterocycles. The Hall–Kier alpha value is -0.950. The molecule has 0 spiro atoms. The van der Waals surface area contributed by atoms with Gasteiger partial charge >= 0.3 is 5.00 Å². The third-order valence-electron chi connectivity index (χ3n) is 1.04. The number of thiophene rings is 1. The van der Waals surface area contributed by atoms with Gasteiger partial charge in [0.05, 0.1) is 16.0 Å². The molecule has 0 bridgehead atoms. The van der Waals surface area contributed by atoms with Gasteiger partial charge in [0.2, 0.25) is 0 Å². The van der Waals surface area contributed by atoms with E-state index in [1.165, 1.54) is 6.07 Å². The zero-order valence-corrected chi connectivity index (χ0v) is 8.00. The summed E-state index contributed by atoms with van der Waals surface area (Å²) in [7, 11) is 0. The Balaban J connectivity index is 3.08. The quantitative estimate of drug-likeness (QED) is 0.379. The first-order valence-electron chi connectivity index (χ1n) is 2.76. The first-order valence-corrected chi connectivity index (χ1v) is 4.37. The Bertz CT molecular complexity index is 335. The number of nitro groups is 1. The van der Waals surface area contributed by atoms with E-state index >= 15 is 0 Å². The number of nitrogens with zero attached hydrogens (tertiary/aromatic N) is 2. The summed E-state index contributed by atoms with van der Waals surface area (Å²) in [5.41, 5.74) is 0. The number of hydrogen-bond donors (Lipinski definition) is 1. The van der Waals surface area contributed by atoms with E-state index in [1.807, 2.05) is 0 Å². The maximum atomic E-state index is 10.3. The van der Waals surface area contributed by atoms with Gasteiger partial charge in [0, 0.05) is 0 Å². The first-order chi connectivity index (χ1) is 5.65. The molecule has 0 fully saturated rings. The highest BCUT2D eigenvalue weighted by atomic mass is 79.9. The maximum Gasteiger partial charge on any atom is 0.338 e. The summed E-state index contributed by atoms with van der Waals surface area (Å²) < 4.78 is 0.396. The molecule has 0 amide bonds. The van der Waals surface area contributed by atoms with Crippen LogP contribution < -0.4 is 0 Å². The summed E-state index contributed by atoms with van der Waals surface area (Å²) in [6, 6.07) is 1.52. The zero-order chi connectivity index (χ0) is 9.14.